The first kappa shape index (κ1) is 15.3. The number of carbonyl (C=O) groups excluding carboxylic acids is 1. The van der Waals surface area contributed by atoms with Gasteiger partial charge in [-0.25, -0.2) is 4.98 Å². The van der Waals surface area contributed by atoms with Crippen LogP contribution in [-0.2, 0) is 11.2 Å². The summed E-state index contributed by atoms with van der Waals surface area (Å²) in [6.45, 7) is 6.78. The minimum absolute atomic E-state index is 0.0695. The van der Waals surface area contributed by atoms with Gasteiger partial charge in [0.1, 0.15) is 0 Å². The van der Waals surface area contributed by atoms with Crippen LogP contribution in [0, 0.1) is 17.8 Å². The van der Waals surface area contributed by atoms with Crippen molar-refractivity contribution >= 4 is 22.4 Å². The molecule has 5 heteroatoms. The fraction of sp³-hybridized carbons (Fsp3) is 0.733. The van der Waals surface area contributed by atoms with Crippen molar-refractivity contribution in [1.82, 2.24) is 10.3 Å². The van der Waals surface area contributed by atoms with Crippen molar-refractivity contribution in [2.45, 2.75) is 52.5 Å². The number of hydrogen-bond acceptors (Lipinski definition) is 4. The molecule has 1 aromatic heterocycles. The van der Waals surface area contributed by atoms with Gasteiger partial charge >= 0.3 is 0 Å². The molecule has 1 saturated carbocycles. The molecule has 1 aliphatic carbocycles. The Kier molecular flexibility index (Phi) is 5.02. The molecular weight excluding hydrogens is 270 g/mol. The number of thiazole rings is 1. The van der Waals surface area contributed by atoms with E-state index in [0.717, 1.165) is 12.1 Å². The van der Waals surface area contributed by atoms with E-state index in [-0.39, 0.29) is 5.91 Å². The number of nitrogen functional groups attached to an aromatic ring is 1. The summed E-state index contributed by atoms with van der Waals surface area (Å²) in [6, 6.07) is 0.308. The first-order chi connectivity index (χ1) is 9.45. The summed E-state index contributed by atoms with van der Waals surface area (Å²) in [5.41, 5.74) is 6.37. The van der Waals surface area contributed by atoms with Crippen LogP contribution in [0.5, 0.6) is 0 Å². The monoisotopic (exact) mass is 295 g/mol. The lowest BCUT2D eigenvalue weighted by Crippen LogP contribution is -2.46. The van der Waals surface area contributed by atoms with Crippen LogP contribution in [0.15, 0.2) is 5.38 Å². The van der Waals surface area contributed by atoms with E-state index >= 15 is 0 Å². The Hall–Kier alpha value is -1.10. The number of aromatic nitrogens is 1. The fourth-order valence-electron chi connectivity index (χ4n) is 3.19. The summed E-state index contributed by atoms with van der Waals surface area (Å²) < 4.78 is 0. The van der Waals surface area contributed by atoms with Gasteiger partial charge in [-0.2, -0.15) is 0 Å². The van der Waals surface area contributed by atoms with Gasteiger partial charge in [-0.15, -0.1) is 11.3 Å². The zero-order chi connectivity index (χ0) is 14.7. The molecule has 4 nitrogen and oxygen atoms in total. The first-order valence-electron chi connectivity index (χ1n) is 7.45. The highest BCUT2D eigenvalue weighted by Gasteiger charge is 2.31. The van der Waals surface area contributed by atoms with E-state index in [9.17, 15) is 4.79 Å². The Bertz CT molecular complexity index is 458. The second-order valence-electron chi connectivity index (χ2n) is 6.35. The van der Waals surface area contributed by atoms with Gasteiger partial charge in [0.15, 0.2) is 5.13 Å². The van der Waals surface area contributed by atoms with Crippen LogP contribution in [0.25, 0.3) is 0 Å². The normalized spacial score (nSPS) is 26.7. The maximum absolute atomic E-state index is 12.2. The highest BCUT2D eigenvalue weighted by molar-refractivity contribution is 7.13. The Labute approximate surface area is 125 Å². The van der Waals surface area contributed by atoms with E-state index in [1.165, 1.54) is 24.2 Å². The maximum atomic E-state index is 12.2. The van der Waals surface area contributed by atoms with Gasteiger partial charge in [0.05, 0.1) is 12.1 Å². The number of nitrogens with one attached hydrogen (secondary N) is 1. The minimum atomic E-state index is 0.0695. The Balaban J connectivity index is 1.93. The second kappa shape index (κ2) is 6.57. The standard InChI is InChI=1S/C15H25N3OS/c1-9(2)12-5-4-10(3)6-13(12)18-14(19)7-11-8-20-15(16)17-11/h8-10,12-13H,4-7H2,1-3H3,(H2,16,17)(H,18,19). The third-order valence-corrected chi connectivity index (χ3v) is 5.00. The number of anilines is 1. The number of nitrogens with two attached hydrogens (primary N) is 1. The largest absolute Gasteiger partial charge is 0.375 e. The van der Waals surface area contributed by atoms with Crippen molar-refractivity contribution in [1.29, 1.82) is 0 Å². The first-order valence-corrected chi connectivity index (χ1v) is 8.33. The molecule has 3 unspecified atom stereocenters. The average Bonchev–Trinajstić information content (AvgIpc) is 2.74. The van der Waals surface area contributed by atoms with E-state index < -0.39 is 0 Å². The predicted molar refractivity (Wildman–Crippen MR) is 83.5 cm³/mol. The topological polar surface area (TPSA) is 68.0 Å². The molecule has 1 heterocycles. The van der Waals surface area contributed by atoms with Gasteiger partial charge in [0.2, 0.25) is 5.91 Å². The second-order valence-corrected chi connectivity index (χ2v) is 7.24. The van der Waals surface area contributed by atoms with Gasteiger partial charge in [0.25, 0.3) is 0 Å². The van der Waals surface area contributed by atoms with Crippen molar-refractivity contribution in [3.8, 4) is 0 Å². The van der Waals surface area contributed by atoms with Crippen molar-refractivity contribution < 1.29 is 4.79 Å². The van der Waals surface area contributed by atoms with E-state index in [4.69, 9.17) is 5.73 Å². The summed E-state index contributed by atoms with van der Waals surface area (Å²) in [4.78, 5) is 16.3. The number of nitrogens with zero attached hydrogens (tertiary/aromatic N) is 1. The van der Waals surface area contributed by atoms with Crippen molar-refractivity contribution in [3.05, 3.63) is 11.1 Å². The van der Waals surface area contributed by atoms with E-state index in [0.29, 0.717) is 35.3 Å². The quantitative estimate of drug-likeness (QED) is 0.897. The predicted octanol–water partition coefficient (Wildman–Crippen LogP) is 2.84. The van der Waals surface area contributed by atoms with Crippen LogP contribution >= 0.6 is 11.3 Å². The van der Waals surface area contributed by atoms with Gasteiger partial charge in [-0.3, -0.25) is 4.79 Å². The maximum Gasteiger partial charge on any atom is 0.226 e. The smallest absolute Gasteiger partial charge is 0.226 e. The molecule has 1 amide bonds. The number of carbonyl (C=O) groups is 1. The molecule has 0 radical (unpaired) electrons. The highest BCUT2D eigenvalue weighted by atomic mass is 32.1. The summed E-state index contributed by atoms with van der Waals surface area (Å²) in [6.07, 6.45) is 3.92. The van der Waals surface area contributed by atoms with Gasteiger partial charge in [-0.05, 0) is 30.6 Å². The van der Waals surface area contributed by atoms with Crippen molar-refractivity contribution in [3.63, 3.8) is 0 Å². The van der Waals surface area contributed by atoms with Crippen molar-refractivity contribution in [2.75, 3.05) is 5.73 Å². The van der Waals surface area contributed by atoms with E-state index in [2.05, 4.69) is 31.1 Å². The SMILES string of the molecule is CC1CCC(C(C)C)C(NC(=O)Cc2csc(N)n2)C1. The van der Waals surface area contributed by atoms with Crippen LogP contribution in [-0.4, -0.2) is 16.9 Å². The molecule has 0 bridgehead atoms. The lowest BCUT2D eigenvalue weighted by molar-refractivity contribution is -0.122. The Morgan fingerprint density at radius 3 is 2.90 bits per heavy atom. The summed E-state index contributed by atoms with van der Waals surface area (Å²) >= 11 is 1.38. The van der Waals surface area contributed by atoms with Crippen molar-refractivity contribution in [2.24, 2.45) is 17.8 Å². The Morgan fingerprint density at radius 2 is 2.30 bits per heavy atom. The molecule has 0 aliphatic heterocycles. The molecule has 0 saturated heterocycles. The molecule has 2 rings (SSSR count). The molecule has 1 aliphatic rings. The number of rotatable bonds is 4. The Morgan fingerprint density at radius 1 is 1.55 bits per heavy atom. The fourth-order valence-corrected chi connectivity index (χ4v) is 3.76. The lowest BCUT2D eigenvalue weighted by atomic mass is 9.74. The summed E-state index contributed by atoms with van der Waals surface area (Å²) in [5, 5.41) is 5.61. The third kappa shape index (κ3) is 3.95. The number of hydrogen-bond donors (Lipinski definition) is 2. The molecule has 20 heavy (non-hydrogen) atoms. The number of amides is 1. The van der Waals surface area contributed by atoms with Crippen LogP contribution < -0.4 is 11.1 Å². The average molecular weight is 295 g/mol. The van der Waals surface area contributed by atoms with Crippen LogP contribution in [0.1, 0.15) is 45.7 Å². The van der Waals surface area contributed by atoms with Gasteiger partial charge < -0.3 is 11.1 Å². The molecule has 3 atom stereocenters. The van der Waals surface area contributed by atoms with Gasteiger partial charge in [0, 0.05) is 11.4 Å². The third-order valence-electron chi connectivity index (χ3n) is 4.28. The van der Waals surface area contributed by atoms with Crippen LogP contribution in [0.2, 0.25) is 0 Å². The van der Waals surface area contributed by atoms with Gasteiger partial charge in [-0.1, -0.05) is 27.2 Å². The highest BCUT2D eigenvalue weighted by Crippen LogP contribution is 2.33. The molecule has 1 fully saturated rings. The van der Waals surface area contributed by atoms with Crippen LogP contribution in [0.3, 0.4) is 0 Å². The molecule has 112 valence electrons. The molecule has 1 aromatic rings. The van der Waals surface area contributed by atoms with E-state index in [1.807, 2.05) is 5.38 Å². The molecule has 3 N–H and O–H groups in total. The minimum Gasteiger partial charge on any atom is -0.375 e. The molecular formula is C15H25N3OS. The van der Waals surface area contributed by atoms with Crippen LogP contribution in [0.4, 0.5) is 5.13 Å². The zero-order valence-corrected chi connectivity index (χ0v) is 13.4. The summed E-state index contributed by atoms with van der Waals surface area (Å²) in [5.74, 6) is 1.98. The lowest BCUT2D eigenvalue weighted by Gasteiger charge is -2.37. The summed E-state index contributed by atoms with van der Waals surface area (Å²) in [7, 11) is 0. The zero-order valence-electron chi connectivity index (χ0n) is 12.6. The molecule has 0 spiro atoms. The molecule has 0 aromatic carbocycles. The van der Waals surface area contributed by atoms with E-state index in [1.54, 1.807) is 0 Å².